The zero-order valence-corrected chi connectivity index (χ0v) is 19.7. The van der Waals surface area contributed by atoms with Crippen molar-refractivity contribution in [2.75, 3.05) is 13.2 Å². The normalized spacial score (nSPS) is 18.5. The molecule has 0 spiro atoms. The molecule has 2 fully saturated rings. The van der Waals surface area contributed by atoms with Crippen LogP contribution in [0.3, 0.4) is 0 Å². The van der Waals surface area contributed by atoms with Crippen molar-refractivity contribution in [2.45, 2.75) is 50.5 Å². The van der Waals surface area contributed by atoms with Crippen LogP contribution in [0.25, 0.3) is 11.1 Å². The Morgan fingerprint density at radius 2 is 1.57 bits per heavy atom. The molecule has 2 atom stereocenters. The van der Waals surface area contributed by atoms with Gasteiger partial charge in [-0.15, -0.1) is 0 Å². The number of carbonyl (C=O) groups is 3. The van der Waals surface area contributed by atoms with Crippen LogP contribution in [0, 0.1) is 17.8 Å². The number of ether oxygens (including phenoxy) is 1. The third-order valence-electron chi connectivity index (χ3n) is 7.71. The number of hydrogen-bond acceptors (Lipinski definition) is 4. The third-order valence-corrected chi connectivity index (χ3v) is 7.71. The highest BCUT2D eigenvalue weighted by molar-refractivity contribution is 5.86. The van der Waals surface area contributed by atoms with E-state index < -0.39 is 24.0 Å². The van der Waals surface area contributed by atoms with Gasteiger partial charge < -0.3 is 20.5 Å². The van der Waals surface area contributed by atoms with Crippen molar-refractivity contribution < 1.29 is 24.2 Å². The Morgan fingerprint density at radius 1 is 0.943 bits per heavy atom. The maximum Gasteiger partial charge on any atom is 0.407 e. The lowest BCUT2D eigenvalue weighted by Crippen LogP contribution is -2.51. The van der Waals surface area contributed by atoms with Crippen LogP contribution in [0.2, 0.25) is 0 Å². The minimum atomic E-state index is -0.988. The van der Waals surface area contributed by atoms with E-state index >= 15 is 0 Å². The van der Waals surface area contributed by atoms with E-state index in [0.29, 0.717) is 12.3 Å². The summed E-state index contributed by atoms with van der Waals surface area (Å²) < 4.78 is 5.60. The summed E-state index contributed by atoms with van der Waals surface area (Å²) >= 11 is 0. The van der Waals surface area contributed by atoms with Gasteiger partial charge in [0.25, 0.3) is 0 Å². The molecule has 2 aromatic carbocycles. The zero-order valence-electron chi connectivity index (χ0n) is 19.7. The second-order valence-corrected chi connectivity index (χ2v) is 10.1. The molecular weight excluding hydrogens is 444 g/mol. The van der Waals surface area contributed by atoms with Crippen molar-refractivity contribution in [1.29, 1.82) is 0 Å². The summed E-state index contributed by atoms with van der Waals surface area (Å²) in [4.78, 5) is 37.2. The van der Waals surface area contributed by atoms with Crippen molar-refractivity contribution in [3.8, 4) is 11.1 Å². The molecule has 0 heterocycles. The van der Waals surface area contributed by atoms with Gasteiger partial charge in [-0.05, 0) is 53.4 Å². The number of carboxylic acid groups (broad SMARTS) is 1. The van der Waals surface area contributed by atoms with Crippen LogP contribution in [0.1, 0.15) is 55.6 Å². The molecule has 0 saturated heterocycles. The van der Waals surface area contributed by atoms with Gasteiger partial charge >= 0.3 is 12.1 Å². The Balaban J connectivity index is 1.17. The Kier molecular flexibility index (Phi) is 6.75. The quantitative estimate of drug-likeness (QED) is 0.474. The Morgan fingerprint density at radius 3 is 2.11 bits per heavy atom. The first-order chi connectivity index (χ1) is 17.0. The van der Waals surface area contributed by atoms with Gasteiger partial charge in [0.1, 0.15) is 12.6 Å². The molecule has 0 aliphatic heterocycles. The second kappa shape index (κ2) is 10.1. The van der Waals surface area contributed by atoms with Crippen LogP contribution < -0.4 is 10.6 Å². The molecule has 3 N–H and O–H groups in total. The van der Waals surface area contributed by atoms with Crippen LogP contribution in [0.4, 0.5) is 4.79 Å². The minimum Gasteiger partial charge on any atom is -0.480 e. The Hall–Kier alpha value is -3.35. The van der Waals surface area contributed by atoms with E-state index in [2.05, 4.69) is 34.9 Å². The number of alkyl carbamates (subject to hydrolysis) is 1. The number of amides is 2. The van der Waals surface area contributed by atoms with Gasteiger partial charge in [-0.1, -0.05) is 67.8 Å². The van der Waals surface area contributed by atoms with Crippen LogP contribution in [-0.2, 0) is 14.3 Å². The van der Waals surface area contributed by atoms with Crippen molar-refractivity contribution in [3.05, 3.63) is 59.7 Å². The highest BCUT2D eigenvalue weighted by Crippen LogP contribution is 2.44. The molecule has 2 aromatic rings. The first-order valence-electron chi connectivity index (χ1n) is 12.6. The fourth-order valence-corrected chi connectivity index (χ4v) is 5.32. The van der Waals surface area contributed by atoms with Crippen LogP contribution in [-0.4, -0.2) is 42.3 Å². The molecule has 2 unspecified atom stereocenters. The fraction of sp³-hybridized carbons (Fsp3) is 0.464. The van der Waals surface area contributed by atoms with Gasteiger partial charge in [-0.25, -0.2) is 9.59 Å². The molecule has 3 aliphatic rings. The molecule has 35 heavy (non-hydrogen) atoms. The molecule has 5 rings (SSSR count). The largest absolute Gasteiger partial charge is 0.480 e. The van der Waals surface area contributed by atoms with Gasteiger partial charge in [0.15, 0.2) is 0 Å². The monoisotopic (exact) mass is 476 g/mol. The molecule has 2 saturated carbocycles. The van der Waals surface area contributed by atoms with Crippen LogP contribution in [0.15, 0.2) is 48.5 Å². The van der Waals surface area contributed by atoms with Crippen LogP contribution >= 0.6 is 0 Å². The predicted octanol–water partition coefficient (Wildman–Crippen LogP) is 4.31. The second-order valence-electron chi connectivity index (χ2n) is 10.1. The van der Waals surface area contributed by atoms with Crippen molar-refractivity contribution in [3.63, 3.8) is 0 Å². The fourth-order valence-electron chi connectivity index (χ4n) is 5.32. The number of rotatable bonds is 10. The minimum absolute atomic E-state index is 0.00637. The molecule has 0 radical (unpaired) electrons. The SMILES string of the molecule is O=C(NCC(CC1CC1)C(=O)NC(C(=O)O)C1CCC1)OCC1c2ccccc2-c2ccccc21. The number of fused-ring (bicyclic) bond motifs is 3. The summed E-state index contributed by atoms with van der Waals surface area (Å²) in [5.41, 5.74) is 4.61. The standard InChI is InChI=1S/C28H32N2O5/c31-26(30-25(27(32)33)18-6-5-7-18)19(14-17-12-13-17)15-29-28(34)35-16-24-22-10-3-1-8-20(22)21-9-2-4-11-23(21)24/h1-4,8-11,17-19,24-25H,5-7,12-16H2,(H,29,34)(H,30,31)(H,32,33). The van der Waals surface area contributed by atoms with Crippen molar-refractivity contribution in [1.82, 2.24) is 10.6 Å². The van der Waals surface area contributed by atoms with Gasteiger partial charge in [0.2, 0.25) is 5.91 Å². The molecule has 184 valence electrons. The Labute approximate surface area is 205 Å². The van der Waals surface area contributed by atoms with Crippen LogP contribution in [0.5, 0.6) is 0 Å². The number of benzene rings is 2. The van der Waals surface area contributed by atoms with Crippen molar-refractivity contribution in [2.24, 2.45) is 17.8 Å². The number of carbonyl (C=O) groups excluding carboxylic acids is 2. The van der Waals surface area contributed by atoms with E-state index in [9.17, 15) is 19.5 Å². The lowest BCUT2D eigenvalue weighted by molar-refractivity contribution is -0.145. The summed E-state index contributed by atoms with van der Waals surface area (Å²) in [7, 11) is 0. The molecule has 7 nitrogen and oxygen atoms in total. The van der Waals surface area contributed by atoms with Gasteiger partial charge in [-0.3, -0.25) is 4.79 Å². The van der Waals surface area contributed by atoms with E-state index in [4.69, 9.17) is 4.74 Å². The van der Waals surface area contributed by atoms with E-state index in [1.165, 1.54) is 0 Å². The number of nitrogens with one attached hydrogen (secondary N) is 2. The summed E-state index contributed by atoms with van der Waals surface area (Å²) in [6.45, 7) is 0.345. The summed E-state index contributed by atoms with van der Waals surface area (Å²) in [6.07, 6.45) is 4.87. The van der Waals surface area contributed by atoms with E-state index in [1.807, 2.05) is 24.3 Å². The summed E-state index contributed by atoms with van der Waals surface area (Å²) in [5, 5.41) is 15.1. The molecule has 7 heteroatoms. The predicted molar refractivity (Wildman–Crippen MR) is 131 cm³/mol. The zero-order chi connectivity index (χ0) is 24.4. The smallest absolute Gasteiger partial charge is 0.407 e. The molecule has 2 amide bonds. The maximum atomic E-state index is 13.0. The highest BCUT2D eigenvalue weighted by Gasteiger charge is 2.37. The molecular formula is C28H32N2O5. The highest BCUT2D eigenvalue weighted by atomic mass is 16.5. The van der Waals surface area contributed by atoms with E-state index in [0.717, 1.165) is 54.4 Å². The third kappa shape index (κ3) is 5.19. The number of hydrogen-bond donors (Lipinski definition) is 3. The molecule has 0 bridgehead atoms. The van der Waals surface area contributed by atoms with E-state index in [1.54, 1.807) is 0 Å². The van der Waals surface area contributed by atoms with Gasteiger partial charge in [0.05, 0.1) is 5.92 Å². The topological polar surface area (TPSA) is 105 Å². The lowest BCUT2D eigenvalue weighted by Gasteiger charge is -2.32. The van der Waals surface area contributed by atoms with Gasteiger partial charge in [-0.2, -0.15) is 0 Å². The first-order valence-corrected chi connectivity index (χ1v) is 12.6. The number of carboxylic acids is 1. The Bertz CT molecular complexity index is 1060. The number of aliphatic carboxylic acids is 1. The van der Waals surface area contributed by atoms with Crippen molar-refractivity contribution >= 4 is 18.0 Å². The molecule has 0 aromatic heterocycles. The molecule has 3 aliphatic carbocycles. The average Bonchev–Trinajstić information content (AvgIpc) is 3.59. The summed E-state index contributed by atoms with van der Waals surface area (Å²) in [5.74, 6) is -1.33. The summed E-state index contributed by atoms with van der Waals surface area (Å²) in [6, 6.07) is 15.5. The first kappa shape index (κ1) is 23.4. The lowest BCUT2D eigenvalue weighted by atomic mass is 9.79. The van der Waals surface area contributed by atoms with Gasteiger partial charge in [0, 0.05) is 12.5 Å². The average molecular weight is 477 g/mol. The maximum absolute atomic E-state index is 13.0. The van der Waals surface area contributed by atoms with E-state index in [-0.39, 0.29) is 30.9 Å².